The Morgan fingerprint density at radius 2 is 1.94 bits per heavy atom. The topological polar surface area (TPSA) is 15.5 Å². The number of nitrogens with zero attached hydrogens (tertiary/aromatic N) is 1. The van der Waals surface area contributed by atoms with Crippen LogP contribution in [0.4, 0.5) is 0 Å². The molecule has 0 spiro atoms. The Balaban J connectivity index is 1.26. The third-order valence-corrected chi connectivity index (χ3v) is 7.64. The van der Waals surface area contributed by atoms with Crippen LogP contribution in [0.15, 0.2) is 0 Å². The van der Waals surface area contributed by atoms with Gasteiger partial charge in [-0.05, 0) is 36.5 Å². The van der Waals surface area contributed by atoms with Crippen LogP contribution in [0.5, 0.6) is 0 Å². The summed E-state index contributed by atoms with van der Waals surface area (Å²) in [5.41, 5.74) is 0. The van der Waals surface area contributed by atoms with Gasteiger partial charge in [0.1, 0.15) is 12.3 Å². The molecule has 2 saturated heterocycles. The van der Waals surface area contributed by atoms with Gasteiger partial charge in [0, 0.05) is 21.4 Å². The van der Waals surface area contributed by atoms with Crippen LogP contribution in [0.3, 0.4) is 0 Å². The number of ether oxygens (including phenoxy) is 1. The molecule has 4 fully saturated rings. The second kappa shape index (κ2) is 3.93. The Labute approximate surface area is 124 Å². The largest absolute Gasteiger partial charge is 0.353 e. The maximum absolute atomic E-state index is 5.80. The smallest absolute Gasteiger partial charge is 0.138 e. The third kappa shape index (κ3) is 1.77. The number of epoxide rings is 1. The summed E-state index contributed by atoms with van der Waals surface area (Å²) in [5.74, 6) is 4.06. The summed E-state index contributed by atoms with van der Waals surface area (Å²) in [6.45, 7) is 2.57. The van der Waals surface area contributed by atoms with Gasteiger partial charge in [-0.1, -0.05) is 45.2 Å². The highest BCUT2D eigenvalue weighted by atomic mass is 127. The molecule has 0 aromatic carbocycles. The summed E-state index contributed by atoms with van der Waals surface area (Å²) in [6.07, 6.45) is 4.10. The molecule has 0 aromatic rings. The highest BCUT2D eigenvalue weighted by Crippen LogP contribution is 2.60. The van der Waals surface area contributed by atoms with Gasteiger partial charge in [-0.25, -0.2) is 0 Å². The molecule has 4 aliphatic rings. The van der Waals surface area contributed by atoms with Crippen LogP contribution in [-0.4, -0.2) is 38.7 Å². The molecule has 0 radical (unpaired) electrons. The van der Waals surface area contributed by atoms with E-state index in [0.717, 1.165) is 27.6 Å². The highest BCUT2D eigenvalue weighted by molar-refractivity contribution is 14.1. The average molecular weight is 445 g/mol. The van der Waals surface area contributed by atoms with Crippen LogP contribution in [0.2, 0.25) is 0 Å². The molecule has 2 saturated carbocycles. The minimum atomic E-state index is 0.543. The number of alkyl halides is 2. The van der Waals surface area contributed by atoms with E-state index in [0.29, 0.717) is 12.3 Å². The average Bonchev–Trinajstić information content (AvgIpc) is 3.02. The van der Waals surface area contributed by atoms with Crippen molar-refractivity contribution >= 4 is 45.2 Å². The molecule has 5 atom stereocenters. The zero-order valence-electron chi connectivity index (χ0n) is 9.19. The van der Waals surface area contributed by atoms with Gasteiger partial charge >= 0.3 is 0 Å². The van der Waals surface area contributed by atoms with Crippen molar-refractivity contribution in [3.63, 3.8) is 0 Å². The Kier molecular flexibility index (Phi) is 2.76. The van der Waals surface area contributed by atoms with Crippen LogP contribution in [0, 0.1) is 23.7 Å². The Morgan fingerprint density at radius 1 is 1.19 bits per heavy atom. The van der Waals surface area contributed by atoms with E-state index in [-0.39, 0.29) is 0 Å². The lowest BCUT2D eigenvalue weighted by molar-refractivity contribution is 0.129. The molecule has 2 heterocycles. The molecule has 4 rings (SSSR count). The van der Waals surface area contributed by atoms with Gasteiger partial charge < -0.3 is 4.74 Å². The first-order chi connectivity index (χ1) is 7.79. The van der Waals surface area contributed by atoms with Crippen LogP contribution >= 0.6 is 45.2 Å². The van der Waals surface area contributed by atoms with Crippen LogP contribution in [-0.2, 0) is 4.74 Å². The van der Waals surface area contributed by atoms with Crippen LogP contribution in [0.25, 0.3) is 0 Å². The van der Waals surface area contributed by atoms with E-state index in [2.05, 4.69) is 50.1 Å². The summed E-state index contributed by atoms with van der Waals surface area (Å²) < 4.78 is 8.15. The fourth-order valence-corrected chi connectivity index (χ4v) is 7.23. The number of hydrogen-bond donors (Lipinski definition) is 0. The van der Waals surface area contributed by atoms with E-state index < -0.39 is 0 Å². The standard InChI is InChI=1S/C12H17I2NO/c13-5-8-9(10(8)14)6-3-7(4-6)11-12(16-11)15-1-2-15/h6-12H,1-5H2. The molecule has 2 nitrogen and oxygen atoms in total. The third-order valence-electron chi connectivity index (χ3n) is 4.87. The van der Waals surface area contributed by atoms with E-state index in [1.54, 1.807) is 0 Å². The van der Waals surface area contributed by atoms with Crippen molar-refractivity contribution in [3.05, 3.63) is 0 Å². The zero-order chi connectivity index (χ0) is 10.9. The monoisotopic (exact) mass is 445 g/mol. The fourth-order valence-electron chi connectivity index (χ4n) is 3.51. The van der Waals surface area contributed by atoms with Crippen molar-refractivity contribution in [1.82, 2.24) is 4.90 Å². The molecule has 0 bridgehead atoms. The van der Waals surface area contributed by atoms with Crippen molar-refractivity contribution in [2.24, 2.45) is 23.7 Å². The van der Waals surface area contributed by atoms with E-state index >= 15 is 0 Å². The van der Waals surface area contributed by atoms with Gasteiger partial charge in [-0.3, -0.25) is 4.90 Å². The summed E-state index contributed by atoms with van der Waals surface area (Å²) in [7, 11) is 0. The molecular formula is C12H17I2NO. The molecule has 2 aliphatic heterocycles. The second-order valence-electron chi connectivity index (χ2n) is 5.86. The van der Waals surface area contributed by atoms with E-state index in [9.17, 15) is 0 Å². The lowest BCUT2D eigenvalue weighted by Gasteiger charge is -2.35. The maximum Gasteiger partial charge on any atom is 0.138 e. The molecule has 4 heteroatoms. The first-order valence-corrected chi connectivity index (χ1v) is 9.16. The summed E-state index contributed by atoms with van der Waals surface area (Å²) in [5, 5.41) is 0. The minimum Gasteiger partial charge on any atom is -0.353 e. The number of halogens is 2. The van der Waals surface area contributed by atoms with E-state index in [4.69, 9.17) is 4.74 Å². The van der Waals surface area contributed by atoms with Crippen molar-refractivity contribution in [1.29, 1.82) is 0 Å². The van der Waals surface area contributed by atoms with Crippen LogP contribution in [0.1, 0.15) is 12.8 Å². The van der Waals surface area contributed by atoms with Gasteiger partial charge in [-0.15, -0.1) is 0 Å². The number of hydrogen-bond acceptors (Lipinski definition) is 2. The minimum absolute atomic E-state index is 0.543. The predicted octanol–water partition coefficient (Wildman–Crippen LogP) is 2.54. The Hall–Kier alpha value is 1.38. The van der Waals surface area contributed by atoms with Gasteiger partial charge in [0.25, 0.3) is 0 Å². The van der Waals surface area contributed by atoms with Crippen molar-refractivity contribution in [2.45, 2.75) is 29.1 Å². The lowest BCUT2D eigenvalue weighted by Crippen LogP contribution is -2.31. The molecular weight excluding hydrogens is 428 g/mol. The quantitative estimate of drug-likeness (QED) is 0.376. The molecule has 0 N–H and O–H groups in total. The predicted molar refractivity (Wildman–Crippen MR) is 80.1 cm³/mol. The first kappa shape index (κ1) is 11.2. The summed E-state index contributed by atoms with van der Waals surface area (Å²) >= 11 is 5.23. The Morgan fingerprint density at radius 3 is 2.50 bits per heavy atom. The molecule has 90 valence electrons. The highest BCUT2D eigenvalue weighted by Gasteiger charge is 2.60. The summed E-state index contributed by atoms with van der Waals surface area (Å²) in [4.78, 5) is 2.46. The van der Waals surface area contributed by atoms with Gasteiger partial charge in [0.05, 0.1) is 0 Å². The van der Waals surface area contributed by atoms with E-state index in [1.165, 1.54) is 30.4 Å². The van der Waals surface area contributed by atoms with Gasteiger partial charge in [0.2, 0.25) is 0 Å². The second-order valence-corrected chi connectivity index (χ2v) is 8.18. The van der Waals surface area contributed by atoms with Crippen molar-refractivity contribution < 1.29 is 4.74 Å². The molecule has 2 aliphatic carbocycles. The van der Waals surface area contributed by atoms with Gasteiger partial charge in [0.15, 0.2) is 0 Å². The SMILES string of the molecule is ICC1C(I)C1C1CC(C2OC2N2CC2)C1. The summed E-state index contributed by atoms with van der Waals surface area (Å²) in [6, 6.07) is 0. The normalized spacial score (nSPS) is 59.2. The maximum atomic E-state index is 5.80. The number of rotatable bonds is 4. The fraction of sp³-hybridized carbons (Fsp3) is 1.00. The van der Waals surface area contributed by atoms with Crippen molar-refractivity contribution in [3.8, 4) is 0 Å². The molecule has 0 amide bonds. The molecule has 5 unspecified atom stereocenters. The van der Waals surface area contributed by atoms with Crippen LogP contribution < -0.4 is 0 Å². The van der Waals surface area contributed by atoms with Crippen molar-refractivity contribution in [2.75, 3.05) is 17.5 Å². The van der Waals surface area contributed by atoms with Gasteiger partial charge in [-0.2, -0.15) is 0 Å². The Bertz CT molecular complexity index is 303. The molecule has 0 aromatic heterocycles. The molecule has 16 heavy (non-hydrogen) atoms. The zero-order valence-corrected chi connectivity index (χ0v) is 13.5. The first-order valence-electron chi connectivity index (χ1n) is 6.39. The lowest BCUT2D eigenvalue weighted by atomic mass is 9.70. The van der Waals surface area contributed by atoms with E-state index in [1.807, 2.05) is 0 Å².